The Morgan fingerprint density at radius 2 is 2.10 bits per heavy atom. The summed E-state index contributed by atoms with van der Waals surface area (Å²) >= 11 is 0. The number of amides is 1. The molecule has 3 rings (SSSR count). The summed E-state index contributed by atoms with van der Waals surface area (Å²) in [4.78, 5) is 16.4. The van der Waals surface area contributed by atoms with E-state index in [0.717, 1.165) is 0 Å². The van der Waals surface area contributed by atoms with Crippen LogP contribution in [0.2, 0.25) is 0 Å². The molecule has 1 fully saturated rings. The molecule has 0 aliphatic carbocycles. The Kier molecular flexibility index (Phi) is 6.77. The second kappa shape index (κ2) is 9.30. The zero-order chi connectivity index (χ0) is 21.7. The third-order valence-electron chi connectivity index (χ3n) is 4.59. The number of carbonyl (C=O) groups is 1. The van der Waals surface area contributed by atoms with Crippen LogP contribution in [-0.4, -0.2) is 66.3 Å². The van der Waals surface area contributed by atoms with Crippen LogP contribution in [0, 0.1) is 6.92 Å². The molecule has 1 saturated heterocycles. The fraction of sp³-hybridized carbons (Fsp3) is 0.316. The molecule has 1 aliphatic heterocycles. The zero-order valence-electron chi connectivity index (χ0n) is 16.3. The molecule has 3 N–H and O–H groups in total. The van der Waals surface area contributed by atoms with Gasteiger partial charge in [-0.05, 0) is 25.1 Å². The van der Waals surface area contributed by atoms with Crippen molar-refractivity contribution < 1.29 is 28.2 Å². The number of aryl methyl sites for hydroxylation is 1. The van der Waals surface area contributed by atoms with Crippen molar-refractivity contribution in [2.45, 2.75) is 18.4 Å². The fourth-order valence-corrected chi connectivity index (χ4v) is 4.33. The molecule has 0 bridgehead atoms. The van der Waals surface area contributed by atoms with Crippen LogP contribution in [0.15, 0.2) is 40.5 Å². The van der Waals surface area contributed by atoms with E-state index in [9.17, 15) is 23.4 Å². The summed E-state index contributed by atoms with van der Waals surface area (Å²) in [6.07, 6.45) is 2.60. The minimum atomic E-state index is -3.73. The molecule has 1 aliphatic rings. The molecule has 2 heterocycles. The van der Waals surface area contributed by atoms with Gasteiger partial charge in [-0.1, -0.05) is 6.07 Å². The molecule has 160 valence electrons. The molecule has 11 heteroatoms. The number of nitrogens with one attached hydrogen (secondary N) is 1. The fourth-order valence-electron chi connectivity index (χ4n) is 2.88. The highest BCUT2D eigenvalue weighted by atomic mass is 32.2. The molecule has 0 saturated carbocycles. The van der Waals surface area contributed by atoms with Gasteiger partial charge in [0, 0.05) is 36.0 Å². The number of aromatic nitrogens is 1. The molecule has 10 nitrogen and oxygen atoms in total. The van der Waals surface area contributed by atoms with Crippen molar-refractivity contribution >= 4 is 22.1 Å². The first-order chi connectivity index (χ1) is 14.3. The standard InChI is InChI=1S/C19H22N4O6S/c1-13-18(25)17(15(12-24)10-20-13)11-21-22-19(26)14-3-2-4-16(9-14)30(27,28)23-5-7-29-8-6-23/h2-4,9-11,24-25H,5-8,12H2,1H3,(H,22,26). The van der Waals surface area contributed by atoms with Gasteiger partial charge in [-0.3, -0.25) is 9.78 Å². The van der Waals surface area contributed by atoms with Gasteiger partial charge < -0.3 is 14.9 Å². The lowest BCUT2D eigenvalue weighted by Gasteiger charge is -2.26. The number of morpholine rings is 1. The molecular formula is C19H22N4O6S. The van der Waals surface area contributed by atoms with Crippen LogP contribution in [-0.2, 0) is 21.4 Å². The summed E-state index contributed by atoms with van der Waals surface area (Å²) in [6.45, 7) is 2.39. The lowest BCUT2D eigenvalue weighted by atomic mass is 10.1. The molecule has 1 aromatic heterocycles. The van der Waals surface area contributed by atoms with E-state index in [0.29, 0.717) is 24.5 Å². The summed E-state index contributed by atoms with van der Waals surface area (Å²) in [7, 11) is -3.73. The lowest BCUT2D eigenvalue weighted by molar-refractivity contribution is 0.0730. The number of pyridine rings is 1. The van der Waals surface area contributed by atoms with E-state index in [1.807, 2.05) is 0 Å². The highest BCUT2D eigenvalue weighted by Crippen LogP contribution is 2.22. The predicted octanol–water partition coefficient (Wildman–Crippen LogP) is 0.373. The monoisotopic (exact) mass is 434 g/mol. The van der Waals surface area contributed by atoms with Crippen LogP contribution in [0.5, 0.6) is 5.75 Å². The Labute approximate surface area is 173 Å². The first-order valence-electron chi connectivity index (χ1n) is 9.14. The predicted molar refractivity (Wildman–Crippen MR) is 108 cm³/mol. The highest BCUT2D eigenvalue weighted by Gasteiger charge is 2.26. The normalized spacial score (nSPS) is 15.4. The largest absolute Gasteiger partial charge is 0.505 e. The van der Waals surface area contributed by atoms with Crippen LogP contribution in [0.25, 0.3) is 0 Å². The highest BCUT2D eigenvalue weighted by molar-refractivity contribution is 7.89. The van der Waals surface area contributed by atoms with Gasteiger partial charge in [-0.15, -0.1) is 0 Å². The Morgan fingerprint density at radius 1 is 1.37 bits per heavy atom. The van der Waals surface area contributed by atoms with Crippen molar-refractivity contribution in [1.82, 2.24) is 14.7 Å². The summed E-state index contributed by atoms with van der Waals surface area (Å²) in [6, 6.07) is 5.66. The van der Waals surface area contributed by atoms with Crippen LogP contribution in [0.3, 0.4) is 0 Å². The van der Waals surface area contributed by atoms with Crippen molar-refractivity contribution in [3.8, 4) is 5.75 Å². The Bertz CT molecular complexity index is 1060. The van der Waals surface area contributed by atoms with E-state index in [4.69, 9.17) is 4.74 Å². The Hall–Kier alpha value is -2.86. The molecule has 0 spiro atoms. The first kappa shape index (κ1) is 21.8. The van der Waals surface area contributed by atoms with Gasteiger partial charge in [-0.2, -0.15) is 9.41 Å². The molecule has 0 unspecified atom stereocenters. The number of hydrazone groups is 1. The van der Waals surface area contributed by atoms with E-state index in [1.54, 1.807) is 6.92 Å². The van der Waals surface area contributed by atoms with E-state index in [2.05, 4.69) is 15.5 Å². The van der Waals surface area contributed by atoms with Gasteiger partial charge in [0.05, 0.1) is 36.6 Å². The summed E-state index contributed by atoms with van der Waals surface area (Å²) in [5.41, 5.74) is 3.32. The number of sulfonamides is 1. The lowest BCUT2D eigenvalue weighted by Crippen LogP contribution is -2.40. The molecule has 1 amide bonds. The average Bonchev–Trinajstić information content (AvgIpc) is 2.77. The molecule has 0 radical (unpaired) electrons. The van der Waals surface area contributed by atoms with Crippen molar-refractivity contribution in [2.24, 2.45) is 5.10 Å². The number of benzene rings is 1. The molecule has 1 aromatic carbocycles. The van der Waals surface area contributed by atoms with Gasteiger partial charge in [0.15, 0.2) is 0 Å². The Morgan fingerprint density at radius 3 is 2.80 bits per heavy atom. The Balaban J connectivity index is 1.77. The number of nitrogens with zero attached hydrogens (tertiary/aromatic N) is 3. The molecular weight excluding hydrogens is 412 g/mol. The summed E-state index contributed by atoms with van der Waals surface area (Å²) < 4.78 is 32.0. The van der Waals surface area contributed by atoms with E-state index < -0.39 is 15.9 Å². The van der Waals surface area contributed by atoms with Crippen LogP contribution in [0.1, 0.15) is 27.2 Å². The SMILES string of the molecule is Cc1ncc(CO)c(C=NNC(=O)c2cccc(S(=O)(=O)N3CCOCC3)c2)c1O. The topological polar surface area (TPSA) is 141 Å². The van der Waals surface area contributed by atoms with Crippen LogP contribution in [0.4, 0.5) is 0 Å². The quantitative estimate of drug-likeness (QED) is 0.441. The molecule has 30 heavy (non-hydrogen) atoms. The number of hydrogen-bond acceptors (Lipinski definition) is 8. The van der Waals surface area contributed by atoms with Gasteiger partial charge >= 0.3 is 0 Å². The van der Waals surface area contributed by atoms with Crippen molar-refractivity contribution in [3.05, 3.63) is 52.8 Å². The van der Waals surface area contributed by atoms with Crippen LogP contribution < -0.4 is 5.43 Å². The maximum atomic E-state index is 12.8. The number of rotatable bonds is 6. The summed E-state index contributed by atoms with van der Waals surface area (Å²) in [5.74, 6) is -0.778. The number of hydrogen-bond donors (Lipinski definition) is 3. The van der Waals surface area contributed by atoms with Gasteiger partial charge in [0.25, 0.3) is 5.91 Å². The molecule has 0 atom stereocenters. The smallest absolute Gasteiger partial charge is 0.271 e. The van der Waals surface area contributed by atoms with Crippen LogP contribution >= 0.6 is 0 Å². The second-order valence-electron chi connectivity index (χ2n) is 6.53. The second-order valence-corrected chi connectivity index (χ2v) is 8.47. The van der Waals surface area contributed by atoms with E-state index >= 15 is 0 Å². The number of ether oxygens (including phenoxy) is 1. The first-order valence-corrected chi connectivity index (χ1v) is 10.6. The van der Waals surface area contributed by atoms with E-state index in [-0.39, 0.29) is 41.5 Å². The number of aromatic hydroxyl groups is 1. The van der Waals surface area contributed by atoms with E-state index in [1.165, 1.54) is 41.0 Å². The minimum Gasteiger partial charge on any atom is -0.505 e. The van der Waals surface area contributed by atoms with Gasteiger partial charge in [0.2, 0.25) is 10.0 Å². The number of aliphatic hydroxyl groups excluding tert-OH is 1. The summed E-state index contributed by atoms with van der Waals surface area (Å²) in [5, 5.41) is 23.3. The number of aliphatic hydroxyl groups is 1. The zero-order valence-corrected chi connectivity index (χ0v) is 17.1. The maximum Gasteiger partial charge on any atom is 0.271 e. The molecule has 2 aromatic rings. The maximum absolute atomic E-state index is 12.8. The van der Waals surface area contributed by atoms with Crippen molar-refractivity contribution in [1.29, 1.82) is 0 Å². The average molecular weight is 434 g/mol. The minimum absolute atomic E-state index is 0.00555. The number of carbonyl (C=O) groups excluding carboxylic acids is 1. The van der Waals surface area contributed by atoms with Gasteiger partial charge in [0.1, 0.15) is 5.75 Å². The van der Waals surface area contributed by atoms with Crippen molar-refractivity contribution in [3.63, 3.8) is 0 Å². The third-order valence-corrected chi connectivity index (χ3v) is 6.49. The van der Waals surface area contributed by atoms with Crippen molar-refractivity contribution in [2.75, 3.05) is 26.3 Å². The third kappa shape index (κ3) is 4.65. The van der Waals surface area contributed by atoms with Gasteiger partial charge in [-0.25, -0.2) is 13.8 Å².